The average Bonchev–Trinajstić information content (AvgIpc) is 3.09. The summed E-state index contributed by atoms with van der Waals surface area (Å²) >= 11 is 1.65. The Balaban J connectivity index is 1.80. The van der Waals surface area contributed by atoms with Crippen LogP contribution in [-0.2, 0) is 16.1 Å². The number of carbonyl (C=O) groups is 1. The van der Waals surface area contributed by atoms with Crippen LogP contribution in [-0.4, -0.2) is 63.8 Å². The molecule has 1 aliphatic heterocycles. The molecule has 2 aromatic rings. The minimum atomic E-state index is 0.0954. The number of hydrogen-bond donors (Lipinski definition) is 1. The molecule has 3 rings (SSSR count). The van der Waals surface area contributed by atoms with Crippen molar-refractivity contribution in [1.29, 1.82) is 0 Å². The molecule has 0 aliphatic carbocycles. The molecule has 1 saturated heterocycles. The van der Waals surface area contributed by atoms with Gasteiger partial charge in [-0.3, -0.25) is 4.79 Å². The summed E-state index contributed by atoms with van der Waals surface area (Å²) in [5.74, 6) is 1.02. The Bertz CT molecular complexity index is 788. The Kier molecular flexibility index (Phi) is 7.50. The van der Waals surface area contributed by atoms with Gasteiger partial charge in [-0.1, -0.05) is 39.0 Å². The summed E-state index contributed by atoms with van der Waals surface area (Å²) in [6.07, 6.45) is 4.36. The molecule has 1 N–H and O–H groups in total. The summed E-state index contributed by atoms with van der Waals surface area (Å²) in [7, 11) is 0. The fourth-order valence-electron chi connectivity index (χ4n) is 3.09. The van der Waals surface area contributed by atoms with E-state index in [0.717, 1.165) is 47.9 Å². The zero-order valence-electron chi connectivity index (χ0n) is 17.0. The van der Waals surface area contributed by atoms with E-state index in [1.165, 1.54) is 0 Å². The molecule has 0 radical (unpaired) electrons. The molecule has 0 aromatic carbocycles. The normalized spacial score (nSPS) is 14.8. The molecule has 2 aromatic heterocycles. The fourth-order valence-corrected chi connectivity index (χ4v) is 3.79. The maximum Gasteiger partial charge on any atom is 0.220 e. The van der Waals surface area contributed by atoms with Crippen LogP contribution in [0.3, 0.4) is 0 Å². The third-order valence-corrected chi connectivity index (χ3v) is 5.38. The first-order chi connectivity index (χ1) is 13.6. The minimum absolute atomic E-state index is 0.0954. The lowest BCUT2D eigenvalue weighted by molar-refractivity contribution is -0.121. The largest absolute Gasteiger partial charge is 0.378 e. The summed E-state index contributed by atoms with van der Waals surface area (Å²) in [6.45, 7) is 10.5. The third kappa shape index (κ3) is 5.35. The number of unbranched alkanes of at least 4 members (excludes halogenated alkanes) is 1. The Hall–Kier alpha value is -1.87. The average molecular weight is 407 g/mol. The number of thioether (sulfide) groups is 1. The van der Waals surface area contributed by atoms with Crippen LogP contribution in [0.5, 0.6) is 0 Å². The Morgan fingerprint density at radius 2 is 2.11 bits per heavy atom. The molecule has 154 valence electrons. The van der Waals surface area contributed by atoms with Crippen LogP contribution < -0.4 is 10.2 Å². The number of nitrogens with zero attached hydrogens (tertiary/aromatic N) is 5. The molecule has 28 heavy (non-hydrogen) atoms. The van der Waals surface area contributed by atoms with Gasteiger partial charge in [-0.25, -0.2) is 14.6 Å². The van der Waals surface area contributed by atoms with Gasteiger partial charge in [0, 0.05) is 31.3 Å². The van der Waals surface area contributed by atoms with Gasteiger partial charge in [0.2, 0.25) is 5.91 Å². The molecule has 0 atom stereocenters. The quantitative estimate of drug-likeness (QED) is 0.506. The van der Waals surface area contributed by atoms with Crippen molar-refractivity contribution in [2.24, 2.45) is 0 Å². The predicted molar refractivity (Wildman–Crippen MR) is 112 cm³/mol. The van der Waals surface area contributed by atoms with Crippen LogP contribution in [0.1, 0.15) is 40.0 Å². The van der Waals surface area contributed by atoms with Crippen LogP contribution in [0.25, 0.3) is 11.0 Å². The lowest BCUT2D eigenvalue weighted by atomic mass is 10.2. The van der Waals surface area contributed by atoms with Gasteiger partial charge < -0.3 is 15.0 Å². The van der Waals surface area contributed by atoms with Gasteiger partial charge in [-0.2, -0.15) is 5.10 Å². The number of hydrogen-bond acceptors (Lipinski definition) is 7. The van der Waals surface area contributed by atoms with E-state index in [1.54, 1.807) is 11.8 Å². The van der Waals surface area contributed by atoms with E-state index < -0.39 is 0 Å². The van der Waals surface area contributed by atoms with Gasteiger partial charge >= 0.3 is 0 Å². The zero-order valence-corrected chi connectivity index (χ0v) is 17.8. The second kappa shape index (κ2) is 10.1. The van der Waals surface area contributed by atoms with Gasteiger partial charge in [0.1, 0.15) is 5.82 Å². The highest BCUT2D eigenvalue weighted by molar-refractivity contribution is 7.99. The number of aromatic nitrogens is 4. The van der Waals surface area contributed by atoms with Crippen molar-refractivity contribution in [2.75, 3.05) is 37.7 Å². The van der Waals surface area contributed by atoms with Crippen LogP contribution in [0.2, 0.25) is 0 Å². The van der Waals surface area contributed by atoms with Crippen LogP contribution >= 0.6 is 11.8 Å². The molecular weight excluding hydrogens is 376 g/mol. The molecule has 1 fully saturated rings. The Labute approximate surface area is 170 Å². The first kappa shape index (κ1) is 20.9. The van der Waals surface area contributed by atoms with Crippen molar-refractivity contribution >= 4 is 34.5 Å². The lowest BCUT2D eigenvalue weighted by Crippen LogP contribution is -2.37. The SMILES string of the molecule is CCCCC(=O)NCCn1ncc2c(N3CCOCC3)nc(SC(C)C)nc21. The van der Waals surface area contributed by atoms with Crippen molar-refractivity contribution in [3.05, 3.63) is 6.20 Å². The summed E-state index contributed by atoms with van der Waals surface area (Å²) in [5.41, 5.74) is 0.822. The molecule has 0 bridgehead atoms. The minimum Gasteiger partial charge on any atom is -0.378 e. The molecule has 1 amide bonds. The van der Waals surface area contributed by atoms with Crippen LogP contribution in [0.4, 0.5) is 5.82 Å². The maximum absolute atomic E-state index is 11.8. The zero-order chi connectivity index (χ0) is 19.9. The van der Waals surface area contributed by atoms with Crippen LogP contribution in [0, 0.1) is 0 Å². The van der Waals surface area contributed by atoms with E-state index in [4.69, 9.17) is 14.7 Å². The number of nitrogens with one attached hydrogen (secondary N) is 1. The maximum atomic E-state index is 11.8. The first-order valence-electron chi connectivity index (χ1n) is 10.1. The van der Waals surface area contributed by atoms with Gasteiger partial charge in [0.15, 0.2) is 10.8 Å². The predicted octanol–water partition coefficient (Wildman–Crippen LogP) is 2.47. The second-order valence-corrected chi connectivity index (χ2v) is 8.70. The van der Waals surface area contributed by atoms with Crippen molar-refractivity contribution in [2.45, 2.75) is 57.0 Å². The topological polar surface area (TPSA) is 85.2 Å². The molecule has 0 saturated carbocycles. The van der Waals surface area contributed by atoms with Crippen molar-refractivity contribution in [3.8, 4) is 0 Å². The van der Waals surface area contributed by atoms with Crippen molar-refractivity contribution < 1.29 is 9.53 Å². The van der Waals surface area contributed by atoms with Gasteiger partial charge in [-0.05, 0) is 6.42 Å². The highest BCUT2D eigenvalue weighted by Crippen LogP contribution is 2.29. The fraction of sp³-hybridized carbons (Fsp3) is 0.684. The van der Waals surface area contributed by atoms with E-state index in [1.807, 2.05) is 10.9 Å². The third-order valence-electron chi connectivity index (χ3n) is 4.51. The number of morpholine rings is 1. The number of rotatable bonds is 9. The summed E-state index contributed by atoms with van der Waals surface area (Å²) in [5, 5.41) is 9.60. The monoisotopic (exact) mass is 406 g/mol. The van der Waals surface area contributed by atoms with Crippen molar-refractivity contribution in [3.63, 3.8) is 0 Å². The van der Waals surface area contributed by atoms with Gasteiger partial charge in [-0.15, -0.1) is 0 Å². The molecule has 8 nitrogen and oxygen atoms in total. The van der Waals surface area contributed by atoms with Gasteiger partial charge in [0.25, 0.3) is 0 Å². The second-order valence-electron chi connectivity index (χ2n) is 7.15. The first-order valence-corrected chi connectivity index (χ1v) is 11.0. The molecule has 1 aliphatic rings. The molecule has 0 spiro atoms. The van der Waals surface area contributed by atoms with E-state index in [-0.39, 0.29) is 5.91 Å². The van der Waals surface area contributed by atoms with E-state index in [2.05, 4.69) is 36.1 Å². The highest BCUT2D eigenvalue weighted by Gasteiger charge is 2.20. The molecular formula is C19H30N6O2S. The lowest BCUT2D eigenvalue weighted by Gasteiger charge is -2.28. The molecule has 9 heteroatoms. The van der Waals surface area contributed by atoms with Crippen molar-refractivity contribution in [1.82, 2.24) is 25.1 Å². The van der Waals surface area contributed by atoms with E-state index >= 15 is 0 Å². The Morgan fingerprint density at radius 1 is 1.32 bits per heavy atom. The molecule has 3 heterocycles. The summed E-state index contributed by atoms with van der Waals surface area (Å²) < 4.78 is 7.35. The van der Waals surface area contributed by atoms with E-state index in [9.17, 15) is 4.79 Å². The van der Waals surface area contributed by atoms with E-state index in [0.29, 0.717) is 38.0 Å². The summed E-state index contributed by atoms with van der Waals surface area (Å²) in [4.78, 5) is 23.7. The smallest absolute Gasteiger partial charge is 0.220 e. The number of ether oxygens (including phenoxy) is 1. The number of anilines is 1. The number of fused-ring (bicyclic) bond motifs is 1. The molecule has 0 unspecified atom stereocenters. The Morgan fingerprint density at radius 3 is 2.82 bits per heavy atom. The summed E-state index contributed by atoms with van der Waals surface area (Å²) in [6, 6.07) is 0. The standard InChI is InChI=1S/C19H30N6O2S/c1-4-5-6-16(26)20-7-8-25-18-15(13-21-25)17(24-9-11-27-12-10-24)22-19(23-18)28-14(2)3/h13-14H,4-12H2,1-3H3,(H,20,26). The van der Waals surface area contributed by atoms with Crippen LogP contribution in [0.15, 0.2) is 11.4 Å². The van der Waals surface area contributed by atoms with Gasteiger partial charge in [0.05, 0.1) is 31.3 Å². The highest BCUT2D eigenvalue weighted by atomic mass is 32.2. The number of carbonyl (C=O) groups excluding carboxylic acids is 1. The number of amides is 1.